The molecule has 1 rings (SSSR count). The first kappa shape index (κ1) is 13.2. The highest BCUT2D eigenvalue weighted by Gasteiger charge is 2.09. The topological polar surface area (TPSA) is 56.3 Å². The number of ether oxygens (including phenoxy) is 2. The molecule has 0 atom stereocenters. The van der Waals surface area contributed by atoms with E-state index in [-0.39, 0.29) is 6.29 Å². The van der Waals surface area contributed by atoms with E-state index in [4.69, 9.17) is 21.1 Å². The zero-order valence-electron chi connectivity index (χ0n) is 9.44. The Morgan fingerprint density at radius 2 is 1.88 bits per heavy atom. The lowest BCUT2D eigenvalue weighted by molar-refractivity contribution is -0.126. The fourth-order valence-corrected chi connectivity index (χ4v) is 1.33. The number of nitrogens with zero attached hydrogens (tertiary/aromatic N) is 2. The van der Waals surface area contributed by atoms with Crippen LogP contribution < -0.4 is 5.32 Å². The highest BCUT2D eigenvalue weighted by molar-refractivity contribution is 6.31. The lowest BCUT2D eigenvalue weighted by atomic mass is 10.5. The number of halogens is 1. The van der Waals surface area contributed by atoms with E-state index < -0.39 is 0 Å². The molecule has 0 aliphatic rings. The van der Waals surface area contributed by atoms with E-state index in [1.54, 1.807) is 6.20 Å². The smallest absolute Gasteiger partial charge is 0.174 e. The van der Waals surface area contributed by atoms with Crippen molar-refractivity contribution in [3.63, 3.8) is 0 Å². The van der Waals surface area contributed by atoms with E-state index >= 15 is 0 Å². The molecule has 6 heteroatoms. The summed E-state index contributed by atoms with van der Waals surface area (Å²) >= 11 is 5.84. The summed E-state index contributed by atoms with van der Waals surface area (Å²) in [6, 6.07) is 0. The molecule has 0 fully saturated rings. The van der Waals surface area contributed by atoms with E-state index in [0.29, 0.717) is 30.7 Å². The first-order chi connectivity index (χ1) is 7.77. The molecule has 1 N–H and O–H groups in total. The molecule has 0 aromatic carbocycles. The second-order valence-corrected chi connectivity index (χ2v) is 3.27. The second kappa shape index (κ2) is 7.38. The van der Waals surface area contributed by atoms with Crippen LogP contribution >= 0.6 is 11.6 Å². The molecule has 0 aliphatic heterocycles. The molecule has 0 saturated carbocycles. The van der Waals surface area contributed by atoms with E-state index in [2.05, 4.69) is 15.3 Å². The van der Waals surface area contributed by atoms with Crippen LogP contribution in [0.2, 0.25) is 5.15 Å². The van der Waals surface area contributed by atoms with Crippen LogP contribution in [0.1, 0.15) is 13.8 Å². The summed E-state index contributed by atoms with van der Waals surface area (Å²) in [5.74, 6) is 0.536. The minimum absolute atomic E-state index is 0.298. The molecule has 1 aromatic heterocycles. The lowest BCUT2D eigenvalue weighted by Gasteiger charge is -2.17. The largest absolute Gasteiger partial charge is 0.362 e. The summed E-state index contributed by atoms with van der Waals surface area (Å²) in [5.41, 5.74) is 0. The third-order valence-electron chi connectivity index (χ3n) is 1.79. The minimum Gasteiger partial charge on any atom is -0.362 e. The minimum atomic E-state index is -0.298. The Morgan fingerprint density at radius 1 is 1.25 bits per heavy atom. The normalized spacial score (nSPS) is 10.8. The molecular weight excluding hydrogens is 230 g/mol. The molecule has 1 aromatic rings. The van der Waals surface area contributed by atoms with Crippen molar-refractivity contribution in [1.29, 1.82) is 0 Å². The predicted molar refractivity (Wildman–Crippen MR) is 62.6 cm³/mol. The average molecular weight is 246 g/mol. The molecule has 5 nitrogen and oxygen atoms in total. The van der Waals surface area contributed by atoms with E-state index in [9.17, 15) is 0 Å². The van der Waals surface area contributed by atoms with Gasteiger partial charge in [-0.1, -0.05) is 11.6 Å². The maximum atomic E-state index is 5.84. The Morgan fingerprint density at radius 3 is 2.44 bits per heavy atom. The van der Waals surface area contributed by atoms with E-state index in [1.165, 1.54) is 6.20 Å². The lowest BCUT2D eigenvalue weighted by Crippen LogP contribution is -2.26. The van der Waals surface area contributed by atoms with E-state index in [1.807, 2.05) is 13.8 Å². The molecule has 16 heavy (non-hydrogen) atoms. The monoisotopic (exact) mass is 245 g/mol. The summed E-state index contributed by atoms with van der Waals surface area (Å²) < 4.78 is 10.7. The van der Waals surface area contributed by atoms with Gasteiger partial charge in [0.15, 0.2) is 17.3 Å². The maximum absolute atomic E-state index is 5.84. The van der Waals surface area contributed by atoms with Crippen molar-refractivity contribution in [2.75, 3.05) is 25.1 Å². The van der Waals surface area contributed by atoms with Crippen LogP contribution in [-0.4, -0.2) is 36.0 Å². The Kier molecular flexibility index (Phi) is 6.07. The van der Waals surface area contributed by atoms with Gasteiger partial charge >= 0.3 is 0 Å². The summed E-state index contributed by atoms with van der Waals surface area (Å²) in [7, 11) is 0. The van der Waals surface area contributed by atoms with Crippen molar-refractivity contribution >= 4 is 17.4 Å². The summed E-state index contributed by atoms with van der Waals surface area (Å²) in [6.07, 6.45) is 2.81. The maximum Gasteiger partial charge on any atom is 0.174 e. The summed E-state index contributed by atoms with van der Waals surface area (Å²) in [5, 5.41) is 3.37. The van der Waals surface area contributed by atoms with Gasteiger partial charge in [-0.3, -0.25) is 0 Å². The van der Waals surface area contributed by atoms with Crippen LogP contribution in [0.3, 0.4) is 0 Å². The van der Waals surface area contributed by atoms with Crippen LogP contribution in [0.4, 0.5) is 5.82 Å². The van der Waals surface area contributed by atoms with Gasteiger partial charge in [-0.25, -0.2) is 9.97 Å². The van der Waals surface area contributed by atoms with Crippen LogP contribution in [0.5, 0.6) is 0 Å². The highest BCUT2D eigenvalue weighted by Crippen LogP contribution is 2.14. The van der Waals surface area contributed by atoms with Crippen molar-refractivity contribution in [3.8, 4) is 0 Å². The van der Waals surface area contributed by atoms with Gasteiger partial charge in [-0.2, -0.15) is 0 Å². The number of rotatable bonds is 7. The van der Waals surface area contributed by atoms with Crippen molar-refractivity contribution in [1.82, 2.24) is 9.97 Å². The number of nitrogens with one attached hydrogen (secondary N) is 1. The SMILES string of the molecule is CCOC(CNc1nccnc1Cl)OCC. The molecule has 1 heterocycles. The molecule has 0 spiro atoms. The predicted octanol–water partition coefficient (Wildman–Crippen LogP) is 1.94. The summed E-state index contributed by atoms with van der Waals surface area (Å²) in [6.45, 7) is 5.52. The zero-order chi connectivity index (χ0) is 11.8. The Bertz CT molecular complexity index is 306. The van der Waals surface area contributed by atoms with Crippen LogP contribution in [-0.2, 0) is 9.47 Å². The van der Waals surface area contributed by atoms with Gasteiger partial charge in [0.05, 0.1) is 6.54 Å². The fraction of sp³-hybridized carbons (Fsp3) is 0.600. The Hall–Kier alpha value is -0.910. The number of hydrogen-bond donors (Lipinski definition) is 1. The van der Waals surface area contributed by atoms with E-state index in [0.717, 1.165) is 0 Å². The van der Waals surface area contributed by atoms with Gasteiger partial charge in [0.2, 0.25) is 0 Å². The molecule has 0 saturated heterocycles. The zero-order valence-corrected chi connectivity index (χ0v) is 10.2. The molecule has 0 unspecified atom stereocenters. The van der Waals surface area contributed by atoms with Crippen molar-refractivity contribution in [2.45, 2.75) is 20.1 Å². The molecule has 0 radical (unpaired) electrons. The first-order valence-corrected chi connectivity index (χ1v) is 5.59. The fourth-order valence-electron chi connectivity index (χ4n) is 1.16. The molecule has 0 amide bonds. The molecule has 0 bridgehead atoms. The van der Waals surface area contributed by atoms with Gasteiger partial charge in [-0.15, -0.1) is 0 Å². The second-order valence-electron chi connectivity index (χ2n) is 2.92. The number of aromatic nitrogens is 2. The molecule has 0 aliphatic carbocycles. The van der Waals surface area contributed by atoms with Crippen LogP contribution in [0.15, 0.2) is 12.4 Å². The highest BCUT2D eigenvalue weighted by atomic mass is 35.5. The van der Waals surface area contributed by atoms with Gasteiger partial charge in [0.25, 0.3) is 0 Å². The molecule has 90 valence electrons. The van der Waals surface area contributed by atoms with Crippen molar-refractivity contribution < 1.29 is 9.47 Å². The van der Waals surface area contributed by atoms with Gasteiger partial charge < -0.3 is 14.8 Å². The van der Waals surface area contributed by atoms with Gasteiger partial charge in [-0.05, 0) is 13.8 Å². The Labute approximate surface area is 100 Å². The standard InChI is InChI=1S/C10H16ClN3O2/c1-3-15-8(16-4-2)7-14-10-9(11)12-5-6-13-10/h5-6,8H,3-4,7H2,1-2H3,(H,13,14). The number of hydrogen-bond acceptors (Lipinski definition) is 5. The quantitative estimate of drug-likeness (QED) is 0.744. The van der Waals surface area contributed by atoms with Crippen LogP contribution in [0, 0.1) is 0 Å². The average Bonchev–Trinajstić information content (AvgIpc) is 2.28. The Balaban J connectivity index is 2.45. The van der Waals surface area contributed by atoms with Crippen LogP contribution in [0.25, 0.3) is 0 Å². The van der Waals surface area contributed by atoms with Gasteiger partial charge in [0, 0.05) is 25.6 Å². The molecular formula is C10H16ClN3O2. The van der Waals surface area contributed by atoms with Crippen molar-refractivity contribution in [3.05, 3.63) is 17.5 Å². The third kappa shape index (κ3) is 4.30. The number of anilines is 1. The van der Waals surface area contributed by atoms with Crippen molar-refractivity contribution in [2.24, 2.45) is 0 Å². The first-order valence-electron chi connectivity index (χ1n) is 5.21. The third-order valence-corrected chi connectivity index (χ3v) is 2.07. The van der Waals surface area contributed by atoms with Gasteiger partial charge in [0.1, 0.15) is 0 Å². The summed E-state index contributed by atoms with van der Waals surface area (Å²) in [4.78, 5) is 7.96.